The summed E-state index contributed by atoms with van der Waals surface area (Å²) in [7, 11) is 2.13. The number of hydrogen-bond acceptors (Lipinski definition) is 3. The monoisotopic (exact) mass is 283 g/mol. The van der Waals surface area contributed by atoms with Gasteiger partial charge in [0.1, 0.15) is 0 Å². The van der Waals surface area contributed by atoms with Gasteiger partial charge in [0.2, 0.25) is 0 Å². The van der Waals surface area contributed by atoms with Crippen molar-refractivity contribution in [1.82, 2.24) is 9.88 Å². The standard InChI is InChI=1S/C18H25N3/c1-4-15-5-7-16(8-6-15)13-21(3)18(14(2)19)17-9-11-20-12-10-17/h5-12,14,18H,4,13,19H2,1-3H3. The average Bonchev–Trinajstić information content (AvgIpc) is 2.49. The smallest absolute Gasteiger partial charge is 0.0498 e. The minimum Gasteiger partial charge on any atom is -0.326 e. The summed E-state index contributed by atoms with van der Waals surface area (Å²) in [6.45, 7) is 5.12. The first-order valence-corrected chi connectivity index (χ1v) is 7.55. The highest BCUT2D eigenvalue weighted by Gasteiger charge is 2.21. The van der Waals surface area contributed by atoms with Crippen LogP contribution in [-0.4, -0.2) is 23.0 Å². The highest BCUT2D eigenvalue weighted by atomic mass is 15.1. The Morgan fingerprint density at radius 3 is 2.14 bits per heavy atom. The Kier molecular flexibility index (Phi) is 5.48. The Bertz CT molecular complexity index is 534. The molecule has 0 radical (unpaired) electrons. The molecule has 3 heteroatoms. The van der Waals surface area contributed by atoms with Crippen molar-refractivity contribution in [3.63, 3.8) is 0 Å². The van der Waals surface area contributed by atoms with E-state index < -0.39 is 0 Å². The second kappa shape index (κ2) is 7.34. The Labute approximate surface area is 127 Å². The van der Waals surface area contributed by atoms with Gasteiger partial charge in [-0.2, -0.15) is 0 Å². The van der Waals surface area contributed by atoms with Crippen LogP contribution in [0.5, 0.6) is 0 Å². The SMILES string of the molecule is CCc1ccc(CN(C)C(c2ccncc2)C(C)N)cc1. The van der Waals surface area contributed by atoms with Crippen molar-refractivity contribution in [2.75, 3.05) is 7.05 Å². The summed E-state index contributed by atoms with van der Waals surface area (Å²) < 4.78 is 0. The zero-order valence-electron chi connectivity index (χ0n) is 13.2. The second-order valence-electron chi connectivity index (χ2n) is 5.67. The van der Waals surface area contributed by atoms with E-state index in [1.54, 1.807) is 0 Å². The summed E-state index contributed by atoms with van der Waals surface area (Å²) in [6, 6.07) is 13.2. The molecule has 0 saturated heterocycles. The van der Waals surface area contributed by atoms with E-state index in [2.05, 4.69) is 55.0 Å². The maximum absolute atomic E-state index is 6.21. The Morgan fingerprint density at radius 2 is 1.62 bits per heavy atom. The Hall–Kier alpha value is -1.71. The molecule has 0 aliphatic carbocycles. The van der Waals surface area contributed by atoms with E-state index in [0.29, 0.717) is 0 Å². The number of nitrogens with two attached hydrogens (primary N) is 1. The van der Waals surface area contributed by atoms with Gasteiger partial charge in [-0.15, -0.1) is 0 Å². The zero-order valence-corrected chi connectivity index (χ0v) is 13.2. The Balaban J connectivity index is 2.13. The first kappa shape index (κ1) is 15.7. The number of aromatic nitrogens is 1. The summed E-state index contributed by atoms with van der Waals surface area (Å²) in [4.78, 5) is 6.40. The minimum absolute atomic E-state index is 0.0623. The molecule has 1 heterocycles. The molecule has 3 nitrogen and oxygen atoms in total. The molecule has 2 atom stereocenters. The molecule has 1 aromatic heterocycles. The van der Waals surface area contributed by atoms with Crippen LogP contribution in [-0.2, 0) is 13.0 Å². The topological polar surface area (TPSA) is 42.2 Å². The lowest BCUT2D eigenvalue weighted by molar-refractivity contribution is 0.211. The normalized spacial score (nSPS) is 14.1. The van der Waals surface area contributed by atoms with Gasteiger partial charge in [0.25, 0.3) is 0 Å². The number of rotatable bonds is 6. The van der Waals surface area contributed by atoms with Crippen LogP contribution in [0.1, 0.15) is 36.6 Å². The van der Waals surface area contributed by atoms with Crippen molar-refractivity contribution in [3.05, 3.63) is 65.5 Å². The third kappa shape index (κ3) is 4.13. The average molecular weight is 283 g/mol. The van der Waals surface area contributed by atoms with Crippen LogP contribution < -0.4 is 5.73 Å². The van der Waals surface area contributed by atoms with E-state index in [0.717, 1.165) is 13.0 Å². The summed E-state index contributed by atoms with van der Waals surface area (Å²) >= 11 is 0. The zero-order chi connectivity index (χ0) is 15.2. The molecule has 0 bridgehead atoms. The molecule has 2 rings (SSSR count). The van der Waals surface area contributed by atoms with Crippen LogP contribution in [0.3, 0.4) is 0 Å². The number of pyridine rings is 1. The van der Waals surface area contributed by atoms with Gasteiger partial charge in [0.15, 0.2) is 0 Å². The molecule has 0 aliphatic rings. The lowest BCUT2D eigenvalue weighted by atomic mass is 10.00. The van der Waals surface area contributed by atoms with Gasteiger partial charge in [-0.3, -0.25) is 9.88 Å². The van der Waals surface area contributed by atoms with Crippen LogP contribution in [0.4, 0.5) is 0 Å². The number of aryl methyl sites for hydroxylation is 1. The molecule has 0 saturated carbocycles. The molecular weight excluding hydrogens is 258 g/mol. The van der Waals surface area contributed by atoms with Crippen LogP contribution in [0.15, 0.2) is 48.8 Å². The fourth-order valence-electron chi connectivity index (χ4n) is 2.79. The van der Waals surface area contributed by atoms with Gasteiger partial charge in [0, 0.05) is 31.0 Å². The molecule has 2 aromatic rings. The molecule has 1 aromatic carbocycles. The predicted octanol–water partition coefficient (Wildman–Crippen LogP) is 3.16. The van der Waals surface area contributed by atoms with Gasteiger partial charge in [-0.25, -0.2) is 0 Å². The van der Waals surface area contributed by atoms with E-state index in [9.17, 15) is 0 Å². The van der Waals surface area contributed by atoms with E-state index in [1.165, 1.54) is 16.7 Å². The van der Waals surface area contributed by atoms with Gasteiger partial charge >= 0.3 is 0 Å². The largest absolute Gasteiger partial charge is 0.326 e. The Morgan fingerprint density at radius 1 is 1.05 bits per heavy atom. The maximum Gasteiger partial charge on any atom is 0.0498 e. The van der Waals surface area contributed by atoms with E-state index in [1.807, 2.05) is 24.5 Å². The summed E-state index contributed by atoms with van der Waals surface area (Å²) in [5, 5.41) is 0. The lowest BCUT2D eigenvalue weighted by Crippen LogP contribution is -2.36. The first-order chi connectivity index (χ1) is 10.1. The molecule has 0 amide bonds. The molecule has 2 N–H and O–H groups in total. The predicted molar refractivity (Wildman–Crippen MR) is 87.9 cm³/mol. The quantitative estimate of drug-likeness (QED) is 0.885. The van der Waals surface area contributed by atoms with Crippen LogP contribution in [0.25, 0.3) is 0 Å². The van der Waals surface area contributed by atoms with Gasteiger partial charge in [-0.1, -0.05) is 31.2 Å². The van der Waals surface area contributed by atoms with E-state index in [4.69, 9.17) is 5.73 Å². The number of likely N-dealkylation sites (N-methyl/N-ethyl adjacent to an activating group) is 1. The highest BCUT2D eigenvalue weighted by molar-refractivity contribution is 5.23. The van der Waals surface area contributed by atoms with Crippen molar-refractivity contribution in [2.24, 2.45) is 5.73 Å². The molecule has 112 valence electrons. The summed E-state index contributed by atoms with van der Waals surface area (Å²) in [6.07, 6.45) is 4.73. The second-order valence-corrected chi connectivity index (χ2v) is 5.67. The summed E-state index contributed by atoms with van der Waals surface area (Å²) in [5.74, 6) is 0. The van der Waals surface area contributed by atoms with Crippen molar-refractivity contribution in [2.45, 2.75) is 38.9 Å². The number of nitrogens with zero attached hydrogens (tertiary/aromatic N) is 2. The molecular formula is C18H25N3. The van der Waals surface area contributed by atoms with Gasteiger partial charge in [0.05, 0.1) is 0 Å². The van der Waals surface area contributed by atoms with Crippen molar-refractivity contribution in [1.29, 1.82) is 0 Å². The summed E-state index contributed by atoms with van der Waals surface area (Å²) in [5.41, 5.74) is 10.1. The number of benzene rings is 1. The van der Waals surface area contributed by atoms with Crippen LogP contribution in [0, 0.1) is 0 Å². The third-order valence-electron chi connectivity index (χ3n) is 3.88. The fourth-order valence-corrected chi connectivity index (χ4v) is 2.79. The molecule has 0 aliphatic heterocycles. The molecule has 0 spiro atoms. The van der Waals surface area contributed by atoms with Crippen molar-refractivity contribution in [3.8, 4) is 0 Å². The third-order valence-corrected chi connectivity index (χ3v) is 3.88. The van der Waals surface area contributed by atoms with Crippen LogP contribution >= 0.6 is 0 Å². The molecule has 0 fully saturated rings. The molecule has 2 unspecified atom stereocenters. The van der Waals surface area contributed by atoms with E-state index >= 15 is 0 Å². The number of hydrogen-bond donors (Lipinski definition) is 1. The highest BCUT2D eigenvalue weighted by Crippen LogP contribution is 2.23. The minimum atomic E-state index is 0.0623. The lowest BCUT2D eigenvalue weighted by Gasteiger charge is -2.31. The van der Waals surface area contributed by atoms with Gasteiger partial charge < -0.3 is 5.73 Å². The maximum atomic E-state index is 6.21. The molecule has 21 heavy (non-hydrogen) atoms. The van der Waals surface area contributed by atoms with Crippen molar-refractivity contribution >= 4 is 0 Å². The first-order valence-electron chi connectivity index (χ1n) is 7.55. The van der Waals surface area contributed by atoms with E-state index in [-0.39, 0.29) is 12.1 Å². The van der Waals surface area contributed by atoms with Gasteiger partial charge in [-0.05, 0) is 49.2 Å². The van der Waals surface area contributed by atoms with Crippen molar-refractivity contribution < 1.29 is 0 Å². The van der Waals surface area contributed by atoms with Crippen LogP contribution in [0.2, 0.25) is 0 Å². The fraction of sp³-hybridized carbons (Fsp3) is 0.389.